The molecule has 0 saturated heterocycles. The number of hydrogen-bond donors (Lipinski definition) is 0. The van der Waals surface area contributed by atoms with E-state index in [0.717, 1.165) is 12.0 Å². The van der Waals surface area contributed by atoms with Gasteiger partial charge in [-0.1, -0.05) is 12.2 Å². The summed E-state index contributed by atoms with van der Waals surface area (Å²) in [7, 11) is 0. The minimum absolute atomic E-state index is 0.0667. The topological polar surface area (TPSA) is 0 Å². The summed E-state index contributed by atoms with van der Waals surface area (Å²) in [5.41, 5.74) is 2.11. The van der Waals surface area contributed by atoms with Crippen molar-refractivity contribution in [1.82, 2.24) is 0 Å². The molecule has 0 aromatic heterocycles. The number of rotatable bonds is 1. The summed E-state index contributed by atoms with van der Waals surface area (Å²) >= 11 is 0. The third-order valence-electron chi connectivity index (χ3n) is 3.39. The van der Waals surface area contributed by atoms with Crippen molar-refractivity contribution < 1.29 is 8.78 Å². The molecule has 0 N–H and O–H groups in total. The van der Waals surface area contributed by atoms with Gasteiger partial charge in [-0.15, -0.1) is 0 Å². The van der Waals surface area contributed by atoms with Crippen LogP contribution in [0.25, 0.3) is 0 Å². The summed E-state index contributed by atoms with van der Waals surface area (Å²) in [6, 6.07) is 0. The number of hydrogen-bond acceptors (Lipinski definition) is 0. The molecule has 0 heterocycles. The minimum atomic E-state index is -0.370. The lowest BCUT2D eigenvalue weighted by Crippen LogP contribution is -2.11. The van der Waals surface area contributed by atoms with E-state index in [2.05, 4.69) is 0 Å². The molecule has 1 atom stereocenters. The summed E-state index contributed by atoms with van der Waals surface area (Å²) in [6.07, 6.45) is 4.54. The SMILES string of the molecule is Cc1c(C)c(F)c([C@@H]2C=CC2)c(F)c1C. The van der Waals surface area contributed by atoms with Crippen molar-refractivity contribution in [2.75, 3.05) is 0 Å². The third-order valence-corrected chi connectivity index (χ3v) is 3.39. The normalized spacial score (nSPS) is 19.1. The molecule has 1 aliphatic rings. The van der Waals surface area contributed by atoms with Crippen molar-refractivity contribution in [3.05, 3.63) is 46.0 Å². The van der Waals surface area contributed by atoms with Gasteiger partial charge in [0.15, 0.2) is 0 Å². The number of halogens is 2. The highest BCUT2D eigenvalue weighted by Gasteiger charge is 2.25. The Kier molecular flexibility index (Phi) is 2.37. The van der Waals surface area contributed by atoms with Gasteiger partial charge in [0.25, 0.3) is 0 Å². The van der Waals surface area contributed by atoms with Crippen LogP contribution in [0.15, 0.2) is 12.2 Å². The molecule has 0 fully saturated rings. The molecular formula is C13H14F2. The van der Waals surface area contributed by atoms with Gasteiger partial charge in [-0.05, 0) is 43.9 Å². The molecule has 80 valence electrons. The summed E-state index contributed by atoms with van der Waals surface area (Å²) in [5.74, 6) is -0.807. The van der Waals surface area contributed by atoms with Gasteiger partial charge < -0.3 is 0 Å². The van der Waals surface area contributed by atoms with Crippen LogP contribution in [-0.4, -0.2) is 0 Å². The predicted octanol–water partition coefficient (Wildman–Crippen LogP) is 3.93. The van der Waals surface area contributed by atoms with Crippen LogP contribution in [0, 0.1) is 32.4 Å². The molecule has 0 saturated carbocycles. The van der Waals surface area contributed by atoms with E-state index in [4.69, 9.17) is 0 Å². The molecule has 1 aromatic rings. The van der Waals surface area contributed by atoms with E-state index in [1.165, 1.54) is 0 Å². The van der Waals surface area contributed by atoms with Crippen LogP contribution in [0.5, 0.6) is 0 Å². The lowest BCUT2D eigenvalue weighted by atomic mass is 9.84. The number of allylic oxidation sites excluding steroid dienone is 2. The van der Waals surface area contributed by atoms with Crippen molar-refractivity contribution in [1.29, 1.82) is 0 Å². The van der Waals surface area contributed by atoms with E-state index in [0.29, 0.717) is 11.1 Å². The maximum atomic E-state index is 13.9. The van der Waals surface area contributed by atoms with E-state index >= 15 is 0 Å². The van der Waals surface area contributed by atoms with Gasteiger partial charge in [0, 0.05) is 11.5 Å². The minimum Gasteiger partial charge on any atom is -0.206 e. The second kappa shape index (κ2) is 3.44. The third kappa shape index (κ3) is 1.39. The van der Waals surface area contributed by atoms with E-state index in [1.807, 2.05) is 12.2 Å². The van der Waals surface area contributed by atoms with Crippen molar-refractivity contribution in [2.45, 2.75) is 33.1 Å². The Morgan fingerprint density at radius 3 is 1.80 bits per heavy atom. The molecule has 2 heteroatoms. The van der Waals surface area contributed by atoms with Crippen LogP contribution < -0.4 is 0 Å². The second-order valence-corrected chi connectivity index (χ2v) is 4.19. The molecule has 1 aromatic carbocycles. The van der Waals surface area contributed by atoms with Gasteiger partial charge in [-0.2, -0.15) is 0 Å². The number of benzene rings is 1. The predicted molar refractivity (Wildman–Crippen MR) is 57.1 cm³/mol. The molecule has 0 amide bonds. The average Bonchev–Trinajstić information content (AvgIpc) is 2.15. The monoisotopic (exact) mass is 208 g/mol. The quantitative estimate of drug-likeness (QED) is 0.613. The highest BCUT2D eigenvalue weighted by Crippen LogP contribution is 2.36. The van der Waals surface area contributed by atoms with Gasteiger partial charge in [-0.3, -0.25) is 0 Å². The van der Waals surface area contributed by atoms with E-state index < -0.39 is 0 Å². The molecule has 0 bridgehead atoms. The fourth-order valence-corrected chi connectivity index (χ4v) is 1.92. The van der Waals surface area contributed by atoms with E-state index in [-0.39, 0.29) is 23.1 Å². The van der Waals surface area contributed by atoms with Crippen molar-refractivity contribution in [2.24, 2.45) is 0 Å². The molecule has 0 unspecified atom stereocenters. The van der Waals surface area contributed by atoms with Gasteiger partial charge in [0.1, 0.15) is 11.6 Å². The van der Waals surface area contributed by atoms with Crippen LogP contribution in [0.1, 0.15) is 34.6 Å². The first-order chi connectivity index (χ1) is 7.04. The zero-order chi connectivity index (χ0) is 11.2. The van der Waals surface area contributed by atoms with Gasteiger partial charge in [-0.25, -0.2) is 8.78 Å². The zero-order valence-corrected chi connectivity index (χ0v) is 9.20. The molecular weight excluding hydrogens is 194 g/mol. The first kappa shape index (κ1) is 10.3. The Bertz CT molecular complexity index is 415. The molecule has 15 heavy (non-hydrogen) atoms. The van der Waals surface area contributed by atoms with Crippen molar-refractivity contribution in [3.8, 4) is 0 Å². The zero-order valence-electron chi connectivity index (χ0n) is 9.20. The Hall–Kier alpha value is -1.18. The highest BCUT2D eigenvalue weighted by atomic mass is 19.1. The van der Waals surface area contributed by atoms with Crippen molar-refractivity contribution >= 4 is 0 Å². The highest BCUT2D eigenvalue weighted by molar-refractivity contribution is 5.44. The Morgan fingerprint density at radius 1 is 1.00 bits per heavy atom. The summed E-state index contributed by atoms with van der Waals surface area (Å²) < 4.78 is 27.8. The molecule has 1 aliphatic carbocycles. The van der Waals surface area contributed by atoms with Crippen molar-refractivity contribution in [3.63, 3.8) is 0 Å². The maximum Gasteiger partial charge on any atom is 0.133 e. The summed E-state index contributed by atoms with van der Waals surface area (Å²) in [5, 5.41) is 0. The van der Waals surface area contributed by atoms with Gasteiger partial charge >= 0.3 is 0 Å². The van der Waals surface area contributed by atoms with Crippen LogP contribution >= 0.6 is 0 Å². The smallest absolute Gasteiger partial charge is 0.133 e. The van der Waals surface area contributed by atoms with E-state index in [9.17, 15) is 8.78 Å². The van der Waals surface area contributed by atoms with Gasteiger partial charge in [0.2, 0.25) is 0 Å². The Morgan fingerprint density at radius 2 is 1.47 bits per heavy atom. The van der Waals surface area contributed by atoms with Gasteiger partial charge in [0.05, 0.1) is 0 Å². The molecule has 0 spiro atoms. The van der Waals surface area contributed by atoms with Crippen LogP contribution in [0.4, 0.5) is 8.78 Å². The molecule has 0 radical (unpaired) electrons. The fourth-order valence-electron chi connectivity index (χ4n) is 1.92. The Balaban J connectivity index is 2.68. The van der Waals surface area contributed by atoms with Crippen LogP contribution in [0.3, 0.4) is 0 Å². The summed E-state index contributed by atoms with van der Waals surface area (Å²) in [4.78, 5) is 0. The lowest BCUT2D eigenvalue weighted by Gasteiger charge is -2.22. The molecule has 0 nitrogen and oxygen atoms in total. The Labute approximate surface area is 88.6 Å². The van der Waals surface area contributed by atoms with Crippen LogP contribution in [0.2, 0.25) is 0 Å². The average molecular weight is 208 g/mol. The lowest BCUT2D eigenvalue weighted by molar-refractivity contribution is 0.524. The first-order valence-electron chi connectivity index (χ1n) is 5.15. The first-order valence-corrected chi connectivity index (χ1v) is 5.15. The fraction of sp³-hybridized carbons (Fsp3) is 0.385. The van der Waals surface area contributed by atoms with E-state index in [1.54, 1.807) is 20.8 Å². The second-order valence-electron chi connectivity index (χ2n) is 4.19. The summed E-state index contributed by atoms with van der Waals surface area (Å²) in [6.45, 7) is 5.18. The molecule has 0 aliphatic heterocycles. The maximum absolute atomic E-state index is 13.9. The molecule has 2 rings (SSSR count). The standard InChI is InChI=1S/C13H14F2/c1-7-8(2)12(14)11(10-5-4-6-10)13(15)9(7)3/h4-5,10H,6H2,1-3H3/t10-/m1/s1. The van der Waals surface area contributed by atoms with Crippen LogP contribution in [-0.2, 0) is 0 Å². The largest absolute Gasteiger partial charge is 0.206 e.